The van der Waals surface area contributed by atoms with Gasteiger partial charge in [-0.2, -0.15) is 0 Å². The summed E-state index contributed by atoms with van der Waals surface area (Å²) in [7, 11) is 0. The number of anilines is 1. The van der Waals surface area contributed by atoms with Gasteiger partial charge in [0.1, 0.15) is 0 Å². The molecule has 0 aliphatic carbocycles. The lowest BCUT2D eigenvalue weighted by molar-refractivity contribution is -0.113. The highest BCUT2D eigenvalue weighted by molar-refractivity contribution is 9.10. The van der Waals surface area contributed by atoms with Gasteiger partial charge in [0.15, 0.2) is 0 Å². The summed E-state index contributed by atoms with van der Waals surface area (Å²) in [5, 5.41) is 11.1. The first-order valence-electron chi connectivity index (χ1n) is 6.88. The molecule has 2 aromatic carbocycles. The first-order valence-corrected chi connectivity index (χ1v) is 9.45. The highest BCUT2D eigenvalue weighted by Gasteiger charge is 2.11. The number of hydrogen-bond acceptors (Lipinski definition) is 5. The number of rotatable bonds is 5. The van der Waals surface area contributed by atoms with E-state index in [9.17, 15) is 4.79 Å². The van der Waals surface area contributed by atoms with Crippen molar-refractivity contribution in [1.29, 1.82) is 0 Å². The third-order valence-electron chi connectivity index (χ3n) is 2.95. The Morgan fingerprint density at radius 3 is 2.29 bits per heavy atom. The van der Waals surface area contributed by atoms with E-state index in [1.807, 2.05) is 48.5 Å². The average Bonchev–Trinajstić information content (AvgIpc) is 3.05. The fourth-order valence-electron chi connectivity index (χ4n) is 1.83. The lowest BCUT2D eigenvalue weighted by Gasteiger charge is -2.03. The van der Waals surface area contributed by atoms with E-state index in [0.29, 0.717) is 11.1 Å². The number of carbonyl (C=O) groups excluding carboxylic acids is 1. The summed E-state index contributed by atoms with van der Waals surface area (Å²) in [6, 6.07) is 14.9. The monoisotopic (exact) mass is 467 g/mol. The summed E-state index contributed by atoms with van der Waals surface area (Å²) in [5.41, 5.74) is 1.57. The van der Waals surface area contributed by atoms with E-state index >= 15 is 0 Å². The predicted octanol–water partition coefficient (Wildman–Crippen LogP) is 4.99. The van der Waals surface area contributed by atoms with Crippen molar-refractivity contribution < 1.29 is 9.21 Å². The molecular formula is C16H11Br2N3O2S. The minimum atomic E-state index is -0.134. The van der Waals surface area contributed by atoms with Gasteiger partial charge >= 0.3 is 0 Å². The minimum Gasteiger partial charge on any atom is -0.411 e. The van der Waals surface area contributed by atoms with E-state index in [1.54, 1.807) is 0 Å². The summed E-state index contributed by atoms with van der Waals surface area (Å²) in [6.45, 7) is 0. The molecule has 0 spiro atoms. The topological polar surface area (TPSA) is 68.0 Å². The zero-order valence-corrected chi connectivity index (χ0v) is 16.2. The fraction of sp³-hybridized carbons (Fsp3) is 0.0625. The van der Waals surface area contributed by atoms with Gasteiger partial charge in [-0.25, -0.2) is 0 Å². The van der Waals surface area contributed by atoms with Crippen LogP contribution in [-0.2, 0) is 4.79 Å². The van der Waals surface area contributed by atoms with Crippen molar-refractivity contribution in [2.45, 2.75) is 5.22 Å². The largest absolute Gasteiger partial charge is 0.411 e. The zero-order chi connectivity index (χ0) is 16.9. The van der Waals surface area contributed by atoms with Crippen molar-refractivity contribution in [2.24, 2.45) is 0 Å². The lowest BCUT2D eigenvalue weighted by Crippen LogP contribution is -2.13. The molecule has 1 N–H and O–H groups in total. The molecule has 1 heterocycles. The molecular weight excluding hydrogens is 458 g/mol. The molecule has 0 bridgehead atoms. The van der Waals surface area contributed by atoms with Crippen molar-refractivity contribution in [3.05, 3.63) is 57.5 Å². The molecule has 0 saturated heterocycles. The zero-order valence-electron chi connectivity index (χ0n) is 12.2. The van der Waals surface area contributed by atoms with Gasteiger partial charge in [0.05, 0.1) is 5.75 Å². The Hall–Kier alpha value is -1.64. The molecule has 1 aromatic heterocycles. The SMILES string of the molecule is O=C(CSc1nnc(-c2ccc(Br)cc2)o1)Nc1ccc(Br)cc1. The van der Waals surface area contributed by atoms with E-state index < -0.39 is 0 Å². The Labute approximate surface area is 159 Å². The number of hydrogen-bond donors (Lipinski definition) is 1. The average molecular weight is 469 g/mol. The summed E-state index contributed by atoms with van der Waals surface area (Å²) in [6.07, 6.45) is 0. The van der Waals surface area contributed by atoms with Crippen LogP contribution in [0.1, 0.15) is 0 Å². The van der Waals surface area contributed by atoms with Crippen molar-refractivity contribution in [1.82, 2.24) is 10.2 Å². The molecule has 3 rings (SSSR count). The molecule has 0 atom stereocenters. The maximum absolute atomic E-state index is 11.9. The van der Waals surface area contributed by atoms with Crippen molar-refractivity contribution in [2.75, 3.05) is 11.1 Å². The third kappa shape index (κ3) is 4.68. The van der Waals surface area contributed by atoms with Crippen molar-refractivity contribution >= 4 is 55.2 Å². The van der Waals surface area contributed by atoms with Crippen LogP contribution in [0.15, 0.2) is 67.1 Å². The van der Waals surface area contributed by atoms with Gasteiger partial charge in [0.2, 0.25) is 11.8 Å². The standard InChI is InChI=1S/C16H11Br2N3O2S/c17-11-3-1-10(2-4-11)15-20-21-16(23-15)24-9-14(22)19-13-7-5-12(18)6-8-13/h1-8H,9H2,(H,19,22). The summed E-state index contributed by atoms with van der Waals surface area (Å²) >= 11 is 7.93. The highest BCUT2D eigenvalue weighted by atomic mass is 79.9. The van der Waals surface area contributed by atoms with Crippen molar-refractivity contribution in [3.63, 3.8) is 0 Å². The van der Waals surface area contributed by atoms with Crippen LogP contribution in [0, 0.1) is 0 Å². The smallest absolute Gasteiger partial charge is 0.277 e. The van der Waals surface area contributed by atoms with Crippen LogP contribution in [0.25, 0.3) is 11.5 Å². The maximum Gasteiger partial charge on any atom is 0.277 e. The minimum absolute atomic E-state index is 0.134. The van der Waals surface area contributed by atoms with E-state index in [0.717, 1.165) is 20.2 Å². The number of nitrogens with one attached hydrogen (secondary N) is 1. The normalized spacial score (nSPS) is 10.6. The Morgan fingerprint density at radius 2 is 1.62 bits per heavy atom. The van der Waals surface area contributed by atoms with Crippen LogP contribution in [0.4, 0.5) is 5.69 Å². The molecule has 0 fully saturated rings. The van der Waals surface area contributed by atoms with E-state index in [2.05, 4.69) is 47.4 Å². The lowest BCUT2D eigenvalue weighted by atomic mass is 10.2. The van der Waals surface area contributed by atoms with Crippen LogP contribution >= 0.6 is 43.6 Å². The Kier molecular flexibility index (Phi) is 5.70. The van der Waals surface area contributed by atoms with Crippen LogP contribution in [0.5, 0.6) is 0 Å². The number of aromatic nitrogens is 2. The quantitative estimate of drug-likeness (QED) is 0.534. The third-order valence-corrected chi connectivity index (χ3v) is 4.83. The molecule has 0 radical (unpaired) electrons. The van der Waals surface area contributed by atoms with Gasteiger partial charge < -0.3 is 9.73 Å². The van der Waals surface area contributed by atoms with Gasteiger partial charge in [-0.15, -0.1) is 10.2 Å². The maximum atomic E-state index is 11.9. The van der Waals surface area contributed by atoms with Crippen LogP contribution in [-0.4, -0.2) is 21.9 Å². The fourth-order valence-corrected chi connectivity index (χ4v) is 2.93. The summed E-state index contributed by atoms with van der Waals surface area (Å²) in [4.78, 5) is 11.9. The molecule has 24 heavy (non-hydrogen) atoms. The molecule has 5 nitrogen and oxygen atoms in total. The van der Waals surface area contributed by atoms with Gasteiger partial charge in [0, 0.05) is 20.2 Å². The van der Waals surface area contributed by atoms with Crippen LogP contribution in [0.2, 0.25) is 0 Å². The molecule has 0 saturated carbocycles. The highest BCUT2D eigenvalue weighted by Crippen LogP contribution is 2.24. The Morgan fingerprint density at radius 1 is 1.00 bits per heavy atom. The molecule has 3 aromatic rings. The van der Waals surface area contributed by atoms with Crippen LogP contribution < -0.4 is 5.32 Å². The number of carbonyl (C=O) groups is 1. The number of amides is 1. The Balaban J connectivity index is 1.56. The molecule has 122 valence electrons. The van der Waals surface area contributed by atoms with Gasteiger partial charge in [0.25, 0.3) is 5.22 Å². The second kappa shape index (κ2) is 7.96. The van der Waals surface area contributed by atoms with Gasteiger partial charge in [-0.3, -0.25) is 4.79 Å². The first kappa shape index (κ1) is 17.2. The molecule has 1 amide bonds. The first-order chi connectivity index (χ1) is 11.6. The number of nitrogens with zero attached hydrogens (tertiary/aromatic N) is 2. The van der Waals surface area contributed by atoms with E-state index in [4.69, 9.17) is 4.42 Å². The Bertz CT molecular complexity index is 835. The number of halogens is 2. The number of thioether (sulfide) groups is 1. The molecule has 0 unspecified atom stereocenters. The van der Waals surface area contributed by atoms with E-state index in [1.165, 1.54) is 11.8 Å². The van der Waals surface area contributed by atoms with Crippen LogP contribution in [0.3, 0.4) is 0 Å². The van der Waals surface area contributed by atoms with Gasteiger partial charge in [-0.05, 0) is 48.5 Å². The van der Waals surface area contributed by atoms with Gasteiger partial charge in [-0.1, -0.05) is 43.6 Å². The predicted molar refractivity (Wildman–Crippen MR) is 101 cm³/mol. The molecule has 0 aliphatic heterocycles. The summed E-state index contributed by atoms with van der Waals surface area (Å²) in [5.74, 6) is 0.488. The second-order valence-electron chi connectivity index (χ2n) is 4.72. The molecule has 8 heteroatoms. The van der Waals surface area contributed by atoms with E-state index in [-0.39, 0.29) is 11.7 Å². The second-order valence-corrected chi connectivity index (χ2v) is 7.48. The summed E-state index contributed by atoms with van der Waals surface area (Å²) < 4.78 is 7.50. The van der Waals surface area contributed by atoms with Crippen molar-refractivity contribution in [3.8, 4) is 11.5 Å². The molecule has 0 aliphatic rings. The number of benzene rings is 2.